The first-order valence-corrected chi connectivity index (χ1v) is 7.06. The largest absolute Gasteiger partial charge is 0.233 e. The molecule has 0 atom stereocenters. The molecule has 0 aliphatic rings. The van der Waals surface area contributed by atoms with Gasteiger partial charge in [-0.05, 0) is 47.5 Å². The van der Waals surface area contributed by atoms with E-state index in [0.29, 0.717) is 15.9 Å². The highest BCUT2D eigenvalue weighted by atomic mass is 79.9. The van der Waals surface area contributed by atoms with Gasteiger partial charge in [-0.2, -0.15) is 0 Å². The molecule has 0 amide bonds. The van der Waals surface area contributed by atoms with E-state index in [0.717, 1.165) is 27.8 Å². The molecule has 18 heavy (non-hydrogen) atoms. The molecule has 1 aromatic heterocycles. The molecular weight excluding hydrogens is 335 g/mol. The maximum atomic E-state index is 6.16. The summed E-state index contributed by atoms with van der Waals surface area (Å²) in [4.78, 5) is 8.94. The monoisotopic (exact) mass is 344 g/mol. The Kier molecular flexibility index (Phi) is 4.25. The molecule has 5 heteroatoms. The second-order valence-electron chi connectivity index (χ2n) is 3.88. The smallest absolute Gasteiger partial charge is 0.162 e. The molecule has 0 unspecified atom stereocenters. The second kappa shape index (κ2) is 5.55. The zero-order chi connectivity index (χ0) is 13.3. The van der Waals surface area contributed by atoms with Crippen LogP contribution in [0.2, 0.25) is 10.0 Å². The minimum atomic E-state index is 0.554. The van der Waals surface area contributed by atoms with Gasteiger partial charge in [-0.25, -0.2) is 9.97 Å². The molecule has 0 spiro atoms. The lowest BCUT2D eigenvalue weighted by atomic mass is 10.1. The zero-order valence-electron chi connectivity index (χ0n) is 9.97. The van der Waals surface area contributed by atoms with Crippen molar-refractivity contribution in [3.8, 4) is 11.4 Å². The summed E-state index contributed by atoms with van der Waals surface area (Å²) < 4.78 is 0.818. The van der Waals surface area contributed by atoms with Crippen molar-refractivity contribution in [2.75, 3.05) is 0 Å². The number of hydrogen-bond donors (Lipinski definition) is 0. The van der Waals surface area contributed by atoms with Crippen LogP contribution in [0.15, 0.2) is 22.8 Å². The van der Waals surface area contributed by atoms with Crippen LogP contribution in [-0.2, 0) is 6.42 Å². The van der Waals surface area contributed by atoms with E-state index in [4.69, 9.17) is 23.2 Å². The Balaban J connectivity index is 2.58. The molecule has 0 saturated carbocycles. The summed E-state index contributed by atoms with van der Waals surface area (Å²) in [5, 5.41) is 1.16. The summed E-state index contributed by atoms with van der Waals surface area (Å²) in [7, 11) is 0. The van der Waals surface area contributed by atoms with E-state index in [2.05, 4.69) is 32.8 Å². The fraction of sp³-hybridized carbons (Fsp3) is 0.231. The van der Waals surface area contributed by atoms with Crippen LogP contribution in [-0.4, -0.2) is 9.97 Å². The minimum Gasteiger partial charge on any atom is -0.233 e. The van der Waals surface area contributed by atoms with E-state index in [1.807, 2.05) is 13.0 Å². The Morgan fingerprint density at radius 3 is 2.50 bits per heavy atom. The van der Waals surface area contributed by atoms with Gasteiger partial charge in [-0.3, -0.25) is 0 Å². The SMILES string of the molecule is CCc1c(C)nc(-c2ccc(Cl)cc2Cl)nc1Br. The van der Waals surface area contributed by atoms with Gasteiger partial charge in [0.1, 0.15) is 4.60 Å². The van der Waals surface area contributed by atoms with Crippen molar-refractivity contribution in [3.63, 3.8) is 0 Å². The Labute approximate surface area is 124 Å². The molecule has 0 aliphatic carbocycles. The Morgan fingerprint density at radius 1 is 1.22 bits per heavy atom. The molecule has 0 bridgehead atoms. The van der Waals surface area contributed by atoms with Crippen molar-refractivity contribution in [1.29, 1.82) is 0 Å². The lowest BCUT2D eigenvalue weighted by molar-refractivity contribution is 0.981. The van der Waals surface area contributed by atoms with E-state index < -0.39 is 0 Å². The quantitative estimate of drug-likeness (QED) is 0.709. The van der Waals surface area contributed by atoms with Gasteiger partial charge in [-0.1, -0.05) is 30.1 Å². The summed E-state index contributed by atoms with van der Waals surface area (Å²) in [5.41, 5.74) is 2.86. The van der Waals surface area contributed by atoms with Crippen molar-refractivity contribution in [3.05, 3.63) is 44.1 Å². The van der Waals surface area contributed by atoms with Crippen molar-refractivity contribution in [2.45, 2.75) is 20.3 Å². The maximum absolute atomic E-state index is 6.16. The Morgan fingerprint density at radius 2 is 1.94 bits per heavy atom. The number of benzene rings is 1. The molecule has 2 nitrogen and oxygen atoms in total. The standard InChI is InChI=1S/C13H11BrCl2N2/c1-3-9-7(2)17-13(18-12(9)14)10-5-4-8(15)6-11(10)16/h4-6H,3H2,1-2H3. The summed E-state index contributed by atoms with van der Waals surface area (Å²) in [6.45, 7) is 4.05. The van der Waals surface area contributed by atoms with Gasteiger partial charge in [0.15, 0.2) is 5.82 Å². The third kappa shape index (κ3) is 2.68. The molecule has 0 fully saturated rings. The number of rotatable bonds is 2. The highest BCUT2D eigenvalue weighted by Gasteiger charge is 2.12. The molecule has 0 saturated heterocycles. The first-order chi connectivity index (χ1) is 8.52. The van der Waals surface area contributed by atoms with Crippen molar-refractivity contribution < 1.29 is 0 Å². The highest BCUT2D eigenvalue weighted by Crippen LogP contribution is 2.30. The van der Waals surface area contributed by atoms with Gasteiger partial charge in [-0.15, -0.1) is 0 Å². The maximum Gasteiger partial charge on any atom is 0.162 e. The normalized spacial score (nSPS) is 10.7. The molecule has 0 N–H and O–H groups in total. The molecule has 0 radical (unpaired) electrons. The van der Waals surface area contributed by atoms with Gasteiger partial charge in [0.05, 0.1) is 5.02 Å². The summed E-state index contributed by atoms with van der Waals surface area (Å²) >= 11 is 15.5. The summed E-state index contributed by atoms with van der Waals surface area (Å²) in [6, 6.07) is 5.30. The highest BCUT2D eigenvalue weighted by molar-refractivity contribution is 9.10. The fourth-order valence-electron chi connectivity index (χ4n) is 1.75. The van der Waals surface area contributed by atoms with Crippen molar-refractivity contribution in [2.24, 2.45) is 0 Å². The van der Waals surface area contributed by atoms with Crippen LogP contribution in [0.4, 0.5) is 0 Å². The first-order valence-electron chi connectivity index (χ1n) is 5.51. The number of hydrogen-bond acceptors (Lipinski definition) is 2. The topological polar surface area (TPSA) is 25.8 Å². The molecule has 94 valence electrons. The number of aromatic nitrogens is 2. The molecule has 2 aromatic rings. The molecule has 1 heterocycles. The fourth-order valence-corrected chi connectivity index (χ4v) is 2.98. The van der Waals surface area contributed by atoms with Crippen LogP contribution in [0.25, 0.3) is 11.4 Å². The molecular formula is C13H11BrCl2N2. The van der Waals surface area contributed by atoms with Crippen LogP contribution < -0.4 is 0 Å². The van der Waals surface area contributed by atoms with Crippen LogP contribution in [0.1, 0.15) is 18.2 Å². The lowest BCUT2D eigenvalue weighted by Crippen LogP contribution is -1.99. The summed E-state index contributed by atoms with van der Waals surface area (Å²) in [5.74, 6) is 0.609. The average Bonchev–Trinajstić information content (AvgIpc) is 2.28. The van der Waals surface area contributed by atoms with E-state index in [1.54, 1.807) is 12.1 Å². The van der Waals surface area contributed by atoms with E-state index in [9.17, 15) is 0 Å². The number of aryl methyl sites for hydroxylation is 1. The van der Waals surface area contributed by atoms with Crippen LogP contribution >= 0.6 is 39.1 Å². The second-order valence-corrected chi connectivity index (χ2v) is 5.47. The number of halogens is 3. The van der Waals surface area contributed by atoms with Crippen molar-refractivity contribution >= 4 is 39.1 Å². The molecule has 2 rings (SSSR count). The average molecular weight is 346 g/mol. The minimum absolute atomic E-state index is 0.554. The van der Waals surface area contributed by atoms with Crippen molar-refractivity contribution in [1.82, 2.24) is 9.97 Å². The predicted octanol–water partition coefficient (Wildman–Crippen LogP) is 5.08. The van der Waals surface area contributed by atoms with Crippen LogP contribution in [0, 0.1) is 6.92 Å². The van der Waals surface area contributed by atoms with Gasteiger partial charge < -0.3 is 0 Å². The first kappa shape index (κ1) is 13.8. The summed E-state index contributed by atoms with van der Waals surface area (Å²) in [6.07, 6.45) is 0.890. The lowest BCUT2D eigenvalue weighted by Gasteiger charge is -2.09. The van der Waals surface area contributed by atoms with E-state index in [-0.39, 0.29) is 0 Å². The Hall–Kier alpha value is -0.640. The van der Waals surface area contributed by atoms with Crippen LogP contribution in [0.5, 0.6) is 0 Å². The van der Waals surface area contributed by atoms with Gasteiger partial charge in [0.25, 0.3) is 0 Å². The molecule has 0 aliphatic heterocycles. The van der Waals surface area contributed by atoms with Gasteiger partial charge in [0.2, 0.25) is 0 Å². The van der Waals surface area contributed by atoms with Gasteiger partial charge in [0, 0.05) is 21.8 Å². The third-order valence-corrected chi connectivity index (χ3v) is 3.89. The number of nitrogens with zero attached hydrogens (tertiary/aromatic N) is 2. The van der Waals surface area contributed by atoms with Gasteiger partial charge >= 0.3 is 0 Å². The predicted molar refractivity (Wildman–Crippen MR) is 79.3 cm³/mol. The van der Waals surface area contributed by atoms with E-state index in [1.165, 1.54) is 0 Å². The molecule has 1 aromatic carbocycles. The van der Waals surface area contributed by atoms with Crippen LogP contribution in [0.3, 0.4) is 0 Å². The van der Waals surface area contributed by atoms with E-state index >= 15 is 0 Å². The Bertz CT molecular complexity index is 577. The zero-order valence-corrected chi connectivity index (χ0v) is 13.1. The third-order valence-electron chi connectivity index (χ3n) is 2.69.